The number of likely N-dealkylation sites (N-methyl/N-ethyl adjacent to an activating group) is 1. The SMILES string of the molecule is Cc1cccc(C(=O)N(C)CCc2ccccc2)c1. The van der Waals surface area contributed by atoms with Crippen molar-refractivity contribution < 1.29 is 4.79 Å². The highest BCUT2D eigenvalue weighted by Gasteiger charge is 2.11. The minimum Gasteiger partial charge on any atom is -0.341 e. The van der Waals surface area contributed by atoms with E-state index in [0.717, 1.165) is 24.1 Å². The number of nitrogens with zero attached hydrogens (tertiary/aromatic N) is 1. The van der Waals surface area contributed by atoms with Crippen LogP contribution in [0.1, 0.15) is 21.5 Å². The molecule has 98 valence electrons. The lowest BCUT2D eigenvalue weighted by Gasteiger charge is -2.17. The first-order chi connectivity index (χ1) is 9.16. The molecule has 0 N–H and O–H groups in total. The Morgan fingerprint density at radius 2 is 1.79 bits per heavy atom. The Balaban J connectivity index is 1.96. The van der Waals surface area contributed by atoms with Gasteiger partial charge in [-0.1, -0.05) is 48.0 Å². The molecule has 0 fully saturated rings. The molecule has 2 aromatic carbocycles. The molecule has 0 saturated heterocycles. The maximum absolute atomic E-state index is 12.2. The van der Waals surface area contributed by atoms with E-state index in [-0.39, 0.29) is 5.91 Å². The molecule has 0 heterocycles. The molecule has 0 bridgehead atoms. The Morgan fingerprint density at radius 1 is 1.05 bits per heavy atom. The van der Waals surface area contributed by atoms with Crippen LogP contribution in [0.15, 0.2) is 54.6 Å². The van der Waals surface area contributed by atoms with Crippen LogP contribution in [0, 0.1) is 6.92 Å². The summed E-state index contributed by atoms with van der Waals surface area (Å²) in [5.41, 5.74) is 3.13. The van der Waals surface area contributed by atoms with Gasteiger partial charge in [0, 0.05) is 19.2 Å². The highest BCUT2D eigenvalue weighted by molar-refractivity contribution is 5.94. The molecular formula is C17H19NO. The highest BCUT2D eigenvalue weighted by atomic mass is 16.2. The van der Waals surface area contributed by atoms with Crippen molar-refractivity contribution in [2.24, 2.45) is 0 Å². The Hall–Kier alpha value is -2.09. The van der Waals surface area contributed by atoms with Gasteiger partial charge in [0.2, 0.25) is 0 Å². The molecule has 0 spiro atoms. The number of hydrogen-bond donors (Lipinski definition) is 0. The van der Waals surface area contributed by atoms with Crippen LogP contribution in [0.3, 0.4) is 0 Å². The number of carbonyl (C=O) groups is 1. The van der Waals surface area contributed by atoms with Gasteiger partial charge in [-0.2, -0.15) is 0 Å². The van der Waals surface area contributed by atoms with Crippen molar-refractivity contribution in [1.29, 1.82) is 0 Å². The van der Waals surface area contributed by atoms with Crippen molar-refractivity contribution in [1.82, 2.24) is 4.90 Å². The van der Waals surface area contributed by atoms with E-state index in [1.807, 2.05) is 56.4 Å². The zero-order valence-electron chi connectivity index (χ0n) is 11.5. The van der Waals surface area contributed by atoms with E-state index in [0.29, 0.717) is 0 Å². The van der Waals surface area contributed by atoms with Crippen molar-refractivity contribution in [2.45, 2.75) is 13.3 Å². The summed E-state index contributed by atoms with van der Waals surface area (Å²) in [7, 11) is 1.85. The maximum Gasteiger partial charge on any atom is 0.253 e. The molecule has 1 amide bonds. The molecule has 0 unspecified atom stereocenters. The Morgan fingerprint density at radius 3 is 2.47 bits per heavy atom. The number of benzene rings is 2. The van der Waals surface area contributed by atoms with Crippen LogP contribution in [-0.2, 0) is 6.42 Å². The van der Waals surface area contributed by atoms with Crippen LogP contribution in [0.5, 0.6) is 0 Å². The van der Waals surface area contributed by atoms with Gasteiger partial charge in [0.15, 0.2) is 0 Å². The van der Waals surface area contributed by atoms with Gasteiger partial charge >= 0.3 is 0 Å². The average molecular weight is 253 g/mol. The van der Waals surface area contributed by atoms with Gasteiger partial charge in [-0.25, -0.2) is 0 Å². The number of carbonyl (C=O) groups excluding carboxylic acids is 1. The smallest absolute Gasteiger partial charge is 0.253 e. The summed E-state index contributed by atoms with van der Waals surface area (Å²) in [5, 5.41) is 0. The maximum atomic E-state index is 12.2. The standard InChI is InChI=1S/C17H19NO/c1-14-7-6-10-16(13-14)17(19)18(2)12-11-15-8-4-3-5-9-15/h3-10,13H,11-12H2,1-2H3. The second-order valence-electron chi connectivity index (χ2n) is 4.83. The molecule has 0 aliphatic carbocycles. The first-order valence-electron chi connectivity index (χ1n) is 6.53. The van der Waals surface area contributed by atoms with Gasteiger partial charge in [0.25, 0.3) is 5.91 Å². The van der Waals surface area contributed by atoms with Crippen LogP contribution in [-0.4, -0.2) is 24.4 Å². The van der Waals surface area contributed by atoms with E-state index >= 15 is 0 Å². The summed E-state index contributed by atoms with van der Waals surface area (Å²) in [6.07, 6.45) is 0.884. The Labute approximate surface area is 114 Å². The summed E-state index contributed by atoms with van der Waals surface area (Å²) in [5.74, 6) is 0.0830. The lowest BCUT2D eigenvalue weighted by molar-refractivity contribution is 0.0796. The Bertz CT molecular complexity index is 548. The van der Waals surface area contributed by atoms with E-state index in [2.05, 4.69) is 12.1 Å². The van der Waals surface area contributed by atoms with Crippen molar-refractivity contribution in [3.63, 3.8) is 0 Å². The summed E-state index contributed by atoms with van der Waals surface area (Å²) in [4.78, 5) is 14.0. The molecule has 2 rings (SSSR count). The van der Waals surface area contributed by atoms with E-state index in [1.54, 1.807) is 4.90 Å². The zero-order valence-corrected chi connectivity index (χ0v) is 11.5. The predicted molar refractivity (Wildman–Crippen MR) is 78.3 cm³/mol. The molecule has 2 aromatic rings. The summed E-state index contributed by atoms with van der Waals surface area (Å²) < 4.78 is 0. The molecule has 0 aliphatic rings. The van der Waals surface area contributed by atoms with Crippen molar-refractivity contribution >= 4 is 5.91 Å². The molecule has 2 nitrogen and oxygen atoms in total. The highest BCUT2D eigenvalue weighted by Crippen LogP contribution is 2.08. The van der Waals surface area contributed by atoms with Gasteiger partial charge in [-0.15, -0.1) is 0 Å². The van der Waals surface area contributed by atoms with Crippen molar-refractivity contribution in [2.75, 3.05) is 13.6 Å². The van der Waals surface area contributed by atoms with Gasteiger partial charge in [-0.3, -0.25) is 4.79 Å². The van der Waals surface area contributed by atoms with Crippen LogP contribution < -0.4 is 0 Å². The second kappa shape index (κ2) is 6.19. The molecule has 0 radical (unpaired) electrons. The predicted octanol–water partition coefficient (Wildman–Crippen LogP) is 3.31. The fourth-order valence-corrected chi connectivity index (χ4v) is 2.04. The summed E-state index contributed by atoms with van der Waals surface area (Å²) >= 11 is 0. The minimum atomic E-state index is 0.0830. The van der Waals surface area contributed by atoms with Crippen LogP contribution in [0.4, 0.5) is 0 Å². The van der Waals surface area contributed by atoms with Crippen molar-refractivity contribution in [3.05, 3.63) is 71.3 Å². The second-order valence-corrected chi connectivity index (χ2v) is 4.83. The first kappa shape index (κ1) is 13.3. The average Bonchev–Trinajstić information content (AvgIpc) is 2.45. The number of rotatable bonds is 4. The van der Waals surface area contributed by atoms with Crippen LogP contribution >= 0.6 is 0 Å². The monoisotopic (exact) mass is 253 g/mol. The van der Waals surface area contributed by atoms with Crippen LogP contribution in [0.25, 0.3) is 0 Å². The molecule has 0 saturated carbocycles. The van der Waals surface area contributed by atoms with E-state index in [1.165, 1.54) is 5.56 Å². The third kappa shape index (κ3) is 3.68. The normalized spacial score (nSPS) is 10.2. The number of amides is 1. The van der Waals surface area contributed by atoms with Gasteiger partial charge < -0.3 is 4.90 Å². The fourth-order valence-electron chi connectivity index (χ4n) is 2.04. The van der Waals surface area contributed by atoms with Gasteiger partial charge in [0.1, 0.15) is 0 Å². The molecule has 2 heteroatoms. The van der Waals surface area contributed by atoms with Gasteiger partial charge in [-0.05, 0) is 31.0 Å². The summed E-state index contributed by atoms with van der Waals surface area (Å²) in [6.45, 7) is 2.73. The third-order valence-corrected chi connectivity index (χ3v) is 3.19. The first-order valence-corrected chi connectivity index (χ1v) is 6.53. The van der Waals surface area contributed by atoms with E-state index in [4.69, 9.17) is 0 Å². The number of hydrogen-bond acceptors (Lipinski definition) is 1. The molecular weight excluding hydrogens is 234 g/mol. The largest absolute Gasteiger partial charge is 0.341 e. The minimum absolute atomic E-state index is 0.0830. The van der Waals surface area contributed by atoms with E-state index < -0.39 is 0 Å². The topological polar surface area (TPSA) is 20.3 Å². The molecule has 0 aliphatic heterocycles. The number of aryl methyl sites for hydroxylation is 1. The fraction of sp³-hybridized carbons (Fsp3) is 0.235. The van der Waals surface area contributed by atoms with Crippen molar-refractivity contribution in [3.8, 4) is 0 Å². The summed E-state index contributed by atoms with van der Waals surface area (Å²) in [6, 6.07) is 18.0. The Kier molecular flexibility index (Phi) is 4.35. The van der Waals surface area contributed by atoms with Gasteiger partial charge in [0.05, 0.1) is 0 Å². The lowest BCUT2D eigenvalue weighted by atomic mass is 10.1. The van der Waals surface area contributed by atoms with Crippen LogP contribution in [0.2, 0.25) is 0 Å². The lowest BCUT2D eigenvalue weighted by Crippen LogP contribution is -2.28. The molecule has 19 heavy (non-hydrogen) atoms. The van der Waals surface area contributed by atoms with E-state index in [9.17, 15) is 4.79 Å². The molecule has 0 aromatic heterocycles. The quantitative estimate of drug-likeness (QED) is 0.818. The third-order valence-electron chi connectivity index (χ3n) is 3.19. The zero-order chi connectivity index (χ0) is 13.7. The molecule has 0 atom stereocenters.